The molecule has 1 saturated heterocycles. The smallest absolute Gasteiger partial charge is 0.259 e. The van der Waals surface area contributed by atoms with Crippen LogP contribution in [0.3, 0.4) is 0 Å². The lowest BCUT2D eigenvalue weighted by atomic mass is 9.95. The van der Waals surface area contributed by atoms with E-state index in [0.29, 0.717) is 54.3 Å². The number of carbonyl (C=O) groups is 2. The molecule has 190 valence electrons. The number of nitrogens with zero attached hydrogens (tertiary/aromatic N) is 2. The highest BCUT2D eigenvalue weighted by molar-refractivity contribution is 6.51. The molecular formula is C28H28N4O5. The van der Waals surface area contributed by atoms with Gasteiger partial charge in [0.1, 0.15) is 5.75 Å². The average Bonchev–Trinajstić information content (AvgIpc) is 3.57. The van der Waals surface area contributed by atoms with Crippen molar-refractivity contribution in [2.75, 3.05) is 40.0 Å². The standard InChI is InChI=1S/C28H28N4O5/c1-36-23-8-4-7-22-24(23)20(16-32(22)15-17(33)14-31-9-11-37-12-10-31)26-25(27(34)30-28(26)35)19-13-29-21-6-3-2-5-18(19)21/h2-8,13,16-17,29,33H,9-12,14-15H2,1H3,(H,30,34,35). The first kappa shape index (κ1) is 23.5. The maximum absolute atomic E-state index is 13.2. The van der Waals surface area contributed by atoms with Crippen LogP contribution in [0.25, 0.3) is 33.0 Å². The first-order valence-electron chi connectivity index (χ1n) is 12.4. The Labute approximate surface area is 213 Å². The predicted molar refractivity (Wildman–Crippen MR) is 140 cm³/mol. The monoisotopic (exact) mass is 500 g/mol. The fourth-order valence-electron chi connectivity index (χ4n) is 5.44. The Kier molecular flexibility index (Phi) is 6.03. The van der Waals surface area contributed by atoms with Crippen LogP contribution in [0.1, 0.15) is 11.1 Å². The van der Waals surface area contributed by atoms with E-state index in [1.807, 2.05) is 53.2 Å². The third kappa shape index (κ3) is 4.11. The number of benzene rings is 2. The molecule has 4 aromatic rings. The number of hydrogen-bond acceptors (Lipinski definition) is 6. The molecule has 0 saturated carbocycles. The van der Waals surface area contributed by atoms with Crippen molar-refractivity contribution in [2.24, 2.45) is 0 Å². The number of H-pyrrole nitrogens is 1. The summed E-state index contributed by atoms with van der Waals surface area (Å²) in [7, 11) is 1.58. The van der Waals surface area contributed by atoms with Crippen molar-refractivity contribution >= 4 is 44.8 Å². The minimum Gasteiger partial charge on any atom is -0.496 e. The van der Waals surface area contributed by atoms with Gasteiger partial charge in [0.25, 0.3) is 11.8 Å². The minimum atomic E-state index is -0.631. The Morgan fingerprint density at radius 2 is 1.76 bits per heavy atom. The molecule has 2 aromatic heterocycles. The molecule has 0 spiro atoms. The second-order valence-electron chi connectivity index (χ2n) is 9.40. The van der Waals surface area contributed by atoms with Crippen LogP contribution in [-0.4, -0.2) is 77.4 Å². The van der Waals surface area contributed by atoms with Crippen molar-refractivity contribution in [2.45, 2.75) is 12.6 Å². The van der Waals surface area contributed by atoms with Gasteiger partial charge in [-0.2, -0.15) is 0 Å². The summed E-state index contributed by atoms with van der Waals surface area (Å²) < 4.78 is 13.0. The zero-order valence-corrected chi connectivity index (χ0v) is 20.5. The summed E-state index contributed by atoms with van der Waals surface area (Å²) in [5.74, 6) is -0.302. The number of aromatic nitrogens is 2. The number of hydrogen-bond donors (Lipinski definition) is 3. The number of methoxy groups -OCH3 is 1. The zero-order valence-electron chi connectivity index (χ0n) is 20.5. The fraction of sp³-hybridized carbons (Fsp3) is 0.286. The van der Waals surface area contributed by atoms with Crippen LogP contribution in [0, 0.1) is 0 Å². The molecule has 0 aliphatic carbocycles. The van der Waals surface area contributed by atoms with Crippen molar-refractivity contribution in [3.8, 4) is 5.75 Å². The number of aliphatic hydroxyl groups excluding tert-OH is 1. The largest absolute Gasteiger partial charge is 0.496 e. The second kappa shape index (κ2) is 9.51. The average molecular weight is 501 g/mol. The molecule has 2 amide bonds. The summed E-state index contributed by atoms with van der Waals surface area (Å²) in [5, 5.41) is 15.0. The number of ether oxygens (including phenoxy) is 2. The van der Waals surface area contributed by atoms with Gasteiger partial charge in [-0.15, -0.1) is 0 Å². The second-order valence-corrected chi connectivity index (χ2v) is 9.40. The lowest BCUT2D eigenvalue weighted by Gasteiger charge is -2.28. The maximum atomic E-state index is 13.2. The fourth-order valence-corrected chi connectivity index (χ4v) is 5.44. The van der Waals surface area contributed by atoms with Crippen LogP contribution in [0.15, 0.2) is 54.9 Å². The topological polar surface area (TPSA) is 109 Å². The van der Waals surface area contributed by atoms with E-state index in [2.05, 4.69) is 15.2 Å². The van der Waals surface area contributed by atoms with Crippen LogP contribution in [0.5, 0.6) is 5.75 Å². The molecule has 1 atom stereocenters. The number of morpholine rings is 1. The van der Waals surface area contributed by atoms with Crippen LogP contribution >= 0.6 is 0 Å². The number of rotatable bonds is 7. The molecular weight excluding hydrogens is 472 g/mol. The lowest BCUT2D eigenvalue weighted by molar-refractivity contribution is -0.122. The van der Waals surface area contributed by atoms with Gasteiger partial charge >= 0.3 is 0 Å². The Morgan fingerprint density at radius 3 is 2.54 bits per heavy atom. The van der Waals surface area contributed by atoms with Crippen LogP contribution in [0.4, 0.5) is 0 Å². The summed E-state index contributed by atoms with van der Waals surface area (Å²) in [6, 6.07) is 13.3. The number of imide groups is 1. The van der Waals surface area contributed by atoms with E-state index >= 15 is 0 Å². The van der Waals surface area contributed by atoms with E-state index < -0.39 is 17.9 Å². The number of amides is 2. The quantitative estimate of drug-likeness (QED) is 0.336. The van der Waals surface area contributed by atoms with E-state index in [1.165, 1.54) is 0 Å². The van der Waals surface area contributed by atoms with Crippen LogP contribution in [-0.2, 0) is 20.9 Å². The number of carbonyl (C=O) groups excluding carboxylic acids is 2. The van der Waals surface area contributed by atoms with Crippen LogP contribution in [0.2, 0.25) is 0 Å². The van der Waals surface area contributed by atoms with Crippen molar-refractivity contribution in [1.29, 1.82) is 0 Å². The number of aliphatic hydroxyl groups is 1. The normalized spacial score (nSPS) is 17.7. The molecule has 3 N–H and O–H groups in total. The van der Waals surface area contributed by atoms with Gasteiger partial charge in [0.15, 0.2) is 0 Å². The number of aromatic amines is 1. The molecule has 1 unspecified atom stereocenters. The summed E-state index contributed by atoms with van der Waals surface area (Å²) >= 11 is 0. The third-order valence-electron chi connectivity index (χ3n) is 7.13. The first-order chi connectivity index (χ1) is 18.0. The van der Waals surface area contributed by atoms with Gasteiger partial charge in [-0.05, 0) is 18.2 Å². The Morgan fingerprint density at radius 1 is 1.00 bits per heavy atom. The Hall–Kier alpha value is -3.92. The third-order valence-corrected chi connectivity index (χ3v) is 7.13. The molecule has 0 bridgehead atoms. The Balaban J connectivity index is 1.49. The number of para-hydroxylation sites is 1. The van der Waals surface area contributed by atoms with Crippen molar-refractivity contribution in [3.63, 3.8) is 0 Å². The highest BCUT2D eigenvalue weighted by atomic mass is 16.5. The van der Waals surface area contributed by atoms with E-state index in [-0.39, 0.29) is 0 Å². The number of nitrogens with one attached hydrogen (secondary N) is 2. The number of β-amino-alcohol motifs (C(OH)–C–C–N with tert-alkyl or cyclic N) is 1. The van der Waals surface area contributed by atoms with Crippen molar-refractivity contribution in [1.82, 2.24) is 19.8 Å². The van der Waals surface area contributed by atoms with Gasteiger partial charge in [-0.25, -0.2) is 0 Å². The molecule has 9 nitrogen and oxygen atoms in total. The summed E-state index contributed by atoms with van der Waals surface area (Å²) in [6.07, 6.45) is 2.98. The highest BCUT2D eigenvalue weighted by Gasteiger charge is 2.35. The SMILES string of the molecule is COc1cccc2c1c(C1=C(c3c[nH]c4ccccc34)C(=O)NC1=O)cn2CC(O)CN1CCOCC1. The lowest BCUT2D eigenvalue weighted by Crippen LogP contribution is -2.41. The van der Waals surface area contributed by atoms with Crippen molar-refractivity contribution in [3.05, 3.63) is 66.0 Å². The van der Waals surface area contributed by atoms with E-state index in [4.69, 9.17) is 9.47 Å². The van der Waals surface area contributed by atoms with E-state index in [9.17, 15) is 14.7 Å². The molecule has 1 fully saturated rings. The van der Waals surface area contributed by atoms with Gasteiger partial charge in [0, 0.05) is 66.0 Å². The molecule has 9 heteroatoms. The van der Waals surface area contributed by atoms with Gasteiger partial charge in [0.2, 0.25) is 0 Å². The number of fused-ring (bicyclic) bond motifs is 2. The maximum Gasteiger partial charge on any atom is 0.259 e. The molecule has 2 aliphatic heterocycles. The molecule has 4 heterocycles. The first-order valence-corrected chi connectivity index (χ1v) is 12.4. The molecule has 6 rings (SSSR count). The van der Waals surface area contributed by atoms with Crippen molar-refractivity contribution < 1.29 is 24.2 Å². The Bertz CT molecular complexity index is 1540. The predicted octanol–water partition coefficient (Wildman–Crippen LogP) is 2.39. The zero-order chi connectivity index (χ0) is 25.5. The summed E-state index contributed by atoms with van der Waals surface area (Å²) in [4.78, 5) is 31.7. The molecule has 0 radical (unpaired) electrons. The van der Waals surface area contributed by atoms with Gasteiger partial charge < -0.3 is 24.1 Å². The summed E-state index contributed by atoms with van der Waals surface area (Å²) in [5.41, 5.74) is 3.56. The highest BCUT2D eigenvalue weighted by Crippen LogP contribution is 2.41. The molecule has 2 aliphatic rings. The van der Waals surface area contributed by atoms with E-state index in [0.717, 1.165) is 34.9 Å². The van der Waals surface area contributed by atoms with Gasteiger partial charge in [0.05, 0.1) is 43.1 Å². The van der Waals surface area contributed by atoms with E-state index in [1.54, 1.807) is 13.3 Å². The summed E-state index contributed by atoms with van der Waals surface area (Å²) in [6.45, 7) is 3.73. The van der Waals surface area contributed by atoms with Gasteiger partial charge in [-0.1, -0.05) is 24.3 Å². The molecule has 37 heavy (non-hydrogen) atoms. The van der Waals surface area contributed by atoms with Crippen LogP contribution < -0.4 is 10.1 Å². The minimum absolute atomic E-state index is 0.297. The van der Waals surface area contributed by atoms with Gasteiger partial charge in [-0.3, -0.25) is 19.8 Å². The molecule has 2 aromatic carbocycles.